The first-order valence-electron chi connectivity index (χ1n) is 7.21. The number of rotatable bonds is 4. The van der Waals surface area contributed by atoms with Crippen LogP contribution in [0.5, 0.6) is 0 Å². The van der Waals surface area contributed by atoms with E-state index in [9.17, 15) is 9.59 Å². The number of nitrogens with one attached hydrogen (secondary N) is 2. The first-order valence-corrected chi connectivity index (χ1v) is 8.01. The van der Waals surface area contributed by atoms with Gasteiger partial charge in [0.25, 0.3) is 0 Å². The van der Waals surface area contributed by atoms with Crippen LogP contribution in [0.3, 0.4) is 0 Å². The van der Waals surface area contributed by atoms with Crippen molar-refractivity contribution in [1.29, 1.82) is 0 Å². The zero-order valence-electron chi connectivity index (χ0n) is 12.5. The average Bonchev–Trinajstić information content (AvgIpc) is 2.52. The maximum absolute atomic E-state index is 11.8. The summed E-state index contributed by atoms with van der Waals surface area (Å²) in [5.74, 6) is -1.27. The smallest absolute Gasteiger partial charge is 0.313 e. The number of hydrogen-bond acceptors (Lipinski definition) is 4. The first kappa shape index (κ1) is 16.9. The Morgan fingerprint density at radius 3 is 2.68 bits per heavy atom. The second-order valence-corrected chi connectivity index (χ2v) is 5.98. The highest BCUT2D eigenvalue weighted by molar-refractivity contribution is 9.10. The maximum atomic E-state index is 11.8. The molecule has 0 unspecified atom stereocenters. The van der Waals surface area contributed by atoms with E-state index in [4.69, 9.17) is 4.74 Å². The molecule has 0 aromatic heterocycles. The Bertz CT molecular complexity index is 545. The van der Waals surface area contributed by atoms with Gasteiger partial charge >= 0.3 is 11.8 Å². The molecule has 1 aromatic carbocycles. The van der Waals surface area contributed by atoms with E-state index in [2.05, 4.69) is 31.5 Å². The summed E-state index contributed by atoms with van der Waals surface area (Å²) < 4.78 is 6.21. The van der Waals surface area contributed by atoms with Gasteiger partial charge in [0.2, 0.25) is 0 Å². The number of aryl methyl sites for hydroxylation is 1. The van der Waals surface area contributed by atoms with Crippen LogP contribution in [0, 0.1) is 6.92 Å². The minimum atomic E-state index is -0.649. The van der Waals surface area contributed by atoms with Crippen LogP contribution in [0.1, 0.15) is 5.56 Å². The summed E-state index contributed by atoms with van der Waals surface area (Å²) in [5, 5.41) is 5.23. The summed E-state index contributed by atoms with van der Waals surface area (Å²) in [6, 6.07) is 5.39. The third kappa shape index (κ3) is 5.08. The molecule has 0 spiro atoms. The number of ether oxygens (including phenoxy) is 1. The standard InChI is InChI=1S/C15H20BrN3O3/c1-11-10-12(2-3-13(11)16)18-15(21)14(20)17-4-5-19-6-8-22-9-7-19/h2-3,10H,4-9H2,1H3,(H,17,20)(H,18,21). The lowest BCUT2D eigenvalue weighted by atomic mass is 10.2. The van der Waals surface area contributed by atoms with Crippen LogP contribution in [0.25, 0.3) is 0 Å². The Kier molecular flexibility index (Phi) is 6.35. The molecule has 6 nitrogen and oxygen atoms in total. The second-order valence-electron chi connectivity index (χ2n) is 5.13. The normalized spacial score (nSPS) is 15.4. The van der Waals surface area contributed by atoms with E-state index in [1.807, 2.05) is 19.1 Å². The van der Waals surface area contributed by atoms with Gasteiger partial charge in [0.1, 0.15) is 0 Å². The minimum Gasteiger partial charge on any atom is -0.379 e. The van der Waals surface area contributed by atoms with E-state index in [-0.39, 0.29) is 0 Å². The molecule has 0 aliphatic carbocycles. The van der Waals surface area contributed by atoms with Crippen LogP contribution < -0.4 is 10.6 Å². The molecule has 2 amide bonds. The van der Waals surface area contributed by atoms with Gasteiger partial charge in [0, 0.05) is 36.3 Å². The molecule has 120 valence electrons. The molecule has 2 N–H and O–H groups in total. The van der Waals surface area contributed by atoms with E-state index in [0.717, 1.165) is 42.9 Å². The fourth-order valence-corrected chi connectivity index (χ4v) is 2.39. The van der Waals surface area contributed by atoms with Crippen LogP contribution >= 0.6 is 15.9 Å². The van der Waals surface area contributed by atoms with Gasteiger partial charge in [0.15, 0.2) is 0 Å². The molecule has 1 fully saturated rings. The van der Waals surface area contributed by atoms with Crippen molar-refractivity contribution in [3.05, 3.63) is 28.2 Å². The third-order valence-electron chi connectivity index (χ3n) is 3.44. The molecule has 1 heterocycles. The Labute approximate surface area is 138 Å². The molecule has 0 radical (unpaired) electrons. The van der Waals surface area contributed by atoms with Crippen LogP contribution in [0.2, 0.25) is 0 Å². The largest absolute Gasteiger partial charge is 0.379 e. The summed E-state index contributed by atoms with van der Waals surface area (Å²) in [4.78, 5) is 25.8. The lowest BCUT2D eigenvalue weighted by molar-refractivity contribution is -0.136. The van der Waals surface area contributed by atoms with Crippen molar-refractivity contribution in [2.45, 2.75) is 6.92 Å². The second kappa shape index (κ2) is 8.26. The minimum absolute atomic E-state index is 0.450. The SMILES string of the molecule is Cc1cc(NC(=O)C(=O)NCCN2CCOCC2)ccc1Br. The Morgan fingerprint density at radius 1 is 1.27 bits per heavy atom. The van der Waals surface area contributed by atoms with Crippen LogP contribution in [-0.4, -0.2) is 56.1 Å². The van der Waals surface area contributed by atoms with E-state index in [1.54, 1.807) is 6.07 Å². The Morgan fingerprint density at radius 2 is 2.00 bits per heavy atom. The fourth-order valence-electron chi connectivity index (χ4n) is 2.14. The van der Waals surface area contributed by atoms with Crippen molar-refractivity contribution in [1.82, 2.24) is 10.2 Å². The van der Waals surface area contributed by atoms with Crippen molar-refractivity contribution in [2.75, 3.05) is 44.7 Å². The number of anilines is 1. The summed E-state index contributed by atoms with van der Waals surface area (Å²) in [6.07, 6.45) is 0. The number of hydrogen-bond donors (Lipinski definition) is 2. The van der Waals surface area contributed by atoms with Crippen LogP contribution in [0.15, 0.2) is 22.7 Å². The molecule has 0 atom stereocenters. The van der Waals surface area contributed by atoms with E-state index >= 15 is 0 Å². The summed E-state index contributed by atoms with van der Waals surface area (Å²) >= 11 is 3.39. The number of morpholine rings is 1. The number of carbonyl (C=O) groups excluding carboxylic acids is 2. The zero-order chi connectivity index (χ0) is 15.9. The maximum Gasteiger partial charge on any atom is 0.313 e. The molecular formula is C15H20BrN3O3. The van der Waals surface area contributed by atoms with Crippen molar-refractivity contribution < 1.29 is 14.3 Å². The fraction of sp³-hybridized carbons (Fsp3) is 0.467. The van der Waals surface area contributed by atoms with Crippen LogP contribution in [0.4, 0.5) is 5.69 Å². The highest BCUT2D eigenvalue weighted by Gasteiger charge is 2.15. The summed E-state index contributed by atoms with van der Waals surface area (Å²) in [5.41, 5.74) is 1.60. The average molecular weight is 370 g/mol. The number of amides is 2. The number of benzene rings is 1. The monoisotopic (exact) mass is 369 g/mol. The lowest BCUT2D eigenvalue weighted by Gasteiger charge is -2.26. The highest BCUT2D eigenvalue weighted by atomic mass is 79.9. The summed E-state index contributed by atoms with van der Waals surface area (Å²) in [6.45, 7) is 6.25. The van der Waals surface area contributed by atoms with Crippen molar-refractivity contribution in [3.8, 4) is 0 Å². The Balaban J connectivity index is 1.74. The zero-order valence-corrected chi connectivity index (χ0v) is 14.1. The van der Waals surface area contributed by atoms with Gasteiger partial charge in [0.05, 0.1) is 13.2 Å². The topological polar surface area (TPSA) is 70.7 Å². The van der Waals surface area contributed by atoms with E-state index < -0.39 is 11.8 Å². The van der Waals surface area contributed by atoms with Gasteiger partial charge in [-0.1, -0.05) is 15.9 Å². The van der Waals surface area contributed by atoms with Crippen molar-refractivity contribution >= 4 is 33.4 Å². The molecule has 2 rings (SSSR count). The summed E-state index contributed by atoms with van der Waals surface area (Å²) in [7, 11) is 0. The number of nitrogens with zero attached hydrogens (tertiary/aromatic N) is 1. The molecular weight excluding hydrogens is 350 g/mol. The van der Waals surface area contributed by atoms with Crippen LogP contribution in [-0.2, 0) is 14.3 Å². The molecule has 0 saturated carbocycles. The quantitative estimate of drug-likeness (QED) is 0.780. The van der Waals surface area contributed by atoms with E-state index in [1.165, 1.54) is 0 Å². The number of carbonyl (C=O) groups is 2. The molecule has 1 aliphatic heterocycles. The molecule has 1 aliphatic rings. The predicted octanol–water partition coefficient (Wildman–Crippen LogP) is 1.14. The van der Waals surface area contributed by atoms with Crippen molar-refractivity contribution in [2.24, 2.45) is 0 Å². The third-order valence-corrected chi connectivity index (χ3v) is 4.33. The van der Waals surface area contributed by atoms with Crippen molar-refractivity contribution in [3.63, 3.8) is 0 Å². The molecule has 1 aromatic rings. The van der Waals surface area contributed by atoms with Gasteiger partial charge in [-0.15, -0.1) is 0 Å². The van der Waals surface area contributed by atoms with Gasteiger partial charge in [-0.3, -0.25) is 14.5 Å². The van der Waals surface area contributed by atoms with Gasteiger partial charge in [-0.25, -0.2) is 0 Å². The predicted molar refractivity (Wildman–Crippen MR) is 87.8 cm³/mol. The molecule has 1 saturated heterocycles. The van der Waals surface area contributed by atoms with Gasteiger partial charge in [-0.05, 0) is 30.7 Å². The number of halogens is 1. The molecule has 0 bridgehead atoms. The van der Waals surface area contributed by atoms with Gasteiger partial charge < -0.3 is 15.4 Å². The highest BCUT2D eigenvalue weighted by Crippen LogP contribution is 2.19. The van der Waals surface area contributed by atoms with Gasteiger partial charge in [-0.2, -0.15) is 0 Å². The Hall–Kier alpha value is -1.44. The molecule has 22 heavy (non-hydrogen) atoms. The first-order chi connectivity index (χ1) is 10.6. The van der Waals surface area contributed by atoms with E-state index in [0.29, 0.717) is 12.2 Å². The lowest BCUT2D eigenvalue weighted by Crippen LogP contribution is -2.43. The molecule has 7 heteroatoms.